The number of ketones is 1. The maximum Gasteiger partial charge on any atom is 0.408 e. The molecule has 1 aliphatic heterocycles. The van der Waals surface area contributed by atoms with Gasteiger partial charge in [0.2, 0.25) is 17.6 Å². The SMILES string of the molecule is CC(C)OC(=O)NC(C(=O)N1CC2C(C1C(=O)NC(CC1CC1)C(=O)C(N)=O)C2(C)C)C1CCCCC1. The molecule has 5 atom stereocenters. The molecular weight excluding hydrogens is 476 g/mol. The van der Waals surface area contributed by atoms with Crippen LogP contribution >= 0.6 is 0 Å². The summed E-state index contributed by atoms with van der Waals surface area (Å²) in [5.41, 5.74) is 5.14. The molecular formula is C27H42N4O6. The second-order valence-electron chi connectivity index (χ2n) is 12.3. The van der Waals surface area contributed by atoms with Gasteiger partial charge in [-0.2, -0.15) is 0 Å². The minimum atomic E-state index is -1.07. The molecule has 1 heterocycles. The van der Waals surface area contributed by atoms with E-state index < -0.39 is 41.8 Å². The second kappa shape index (κ2) is 10.6. The molecule has 4 rings (SSSR count). The molecule has 0 bridgehead atoms. The molecule has 4 N–H and O–H groups in total. The van der Waals surface area contributed by atoms with Crippen LogP contribution in [0.1, 0.15) is 79.1 Å². The number of fused-ring (bicyclic) bond motifs is 1. The van der Waals surface area contributed by atoms with Crippen molar-refractivity contribution < 1.29 is 28.7 Å². The Labute approximate surface area is 218 Å². The van der Waals surface area contributed by atoms with Crippen LogP contribution in [0.3, 0.4) is 0 Å². The number of Topliss-reactive ketones (excluding diaryl/α,β-unsaturated/α-hetero) is 1. The number of primary amides is 1. The third kappa shape index (κ3) is 5.93. The molecule has 10 heteroatoms. The first-order valence-corrected chi connectivity index (χ1v) is 13.8. The molecule has 206 valence electrons. The van der Waals surface area contributed by atoms with Crippen molar-refractivity contribution in [1.29, 1.82) is 0 Å². The monoisotopic (exact) mass is 518 g/mol. The number of nitrogens with one attached hydrogen (secondary N) is 2. The fourth-order valence-electron chi connectivity index (χ4n) is 6.56. The van der Waals surface area contributed by atoms with Crippen LogP contribution in [0.25, 0.3) is 0 Å². The van der Waals surface area contributed by atoms with Crippen LogP contribution in [0.15, 0.2) is 0 Å². The summed E-state index contributed by atoms with van der Waals surface area (Å²) in [7, 11) is 0. The van der Waals surface area contributed by atoms with Crippen molar-refractivity contribution in [3.8, 4) is 0 Å². The van der Waals surface area contributed by atoms with E-state index in [1.807, 2.05) is 0 Å². The summed E-state index contributed by atoms with van der Waals surface area (Å²) in [4.78, 5) is 65.9. The van der Waals surface area contributed by atoms with Gasteiger partial charge in [0.15, 0.2) is 0 Å². The lowest BCUT2D eigenvalue weighted by Gasteiger charge is -2.37. The summed E-state index contributed by atoms with van der Waals surface area (Å²) in [5.74, 6) is -2.25. The number of likely N-dealkylation sites (tertiary alicyclic amines) is 1. The number of carbonyl (C=O) groups is 5. The van der Waals surface area contributed by atoms with Crippen LogP contribution in [0.2, 0.25) is 0 Å². The van der Waals surface area contributed by atoms with Crippen LogP contribution in [0, 0.1) is 29.1 Å². The smallest absolute Gasteiger partial charge is 0.408 e. The number of piperidine rings is 1. The van der Waals surface area contributed by atoms with Gasteiger partial charge in [-0.3, -0.25) is 19.2 Å². The van der Waals surface area contributed by atoms with Gasteiger partial charge in [0.25, 0.3) is 5.91 Å². The van der Waals surface area contributed by atoms with Crippen LogP contribution < -0.4 is 16.4 Å². The Kier molecular flexibility index (Phi) is 7.85. The average Bonchev–Trinajstić information content (AvgIpc) is 3.68. The largest absolute Gasteiger partial charge is 0.447 e. The fraction of sp³-hybridized carbons (Fsp3) is 0.815. The highest BCUT2D eigenvalue weighted by Crippen LogP contribution is 2.65. The van der Waals surface area contributed by atoms with Gasteiger partial charge in [-0.15, -0.1) is 0 Å². The zero-order valence-electron chi connectivity index (χ0n) is 22.5. The van der Waals surface area contributed by atoms with Crippen molar-refractivity contribution >= 4 is 29.6 Å². The van der Waals surface area contributed by atoms with Crippen molar-refractivity contribution in [2.75, 3.05) is 6.54 Å². The third-order valence-corrected chi connectivity index (χ3v) is 8.91. The minimum Gasteiger partial charge on any atom is -0.447 e. The molecule has 3 saturated carbocycles. The van der Waals surface area contributed by atoms with E-state index in [2.05, 4.69) is 24.5 Å². The Morgan fingerprint density at radius 2 is 1.65 bits per heavy atom. The first-order valence-electron chi connectivity index (χ1n) is 13.8. The standard InChI is InChI=1S/C27H42N4O6/c1-14(2)37-26(36)30-20(16-8-6-5-7-9-16)25(35)31-13-17-19(27(17,3)4)21(31)24(34)29-18(12-15-10-11-15)22(32)23(28)33/h14-21H,5-13H2,1-4H3,(H2,28,33)(H,29,34)(H,30,36). The molecule has 37 heavy (non-hydrogen) atoms. The summed E-state index contributed by atoms with van der Waals surface area (Å²) < 4.78 is 5.28. The van der Waals surface area contributed by atoms with Crippen molar-refractivity contribution in [3.05, 3.63) is 0 Å². The van der Waals surface area contributed by atoms with Gasteiger partial charge in [-0.1, -0.05) is 46.0 Å². The maximum atomic E-state index is 14.0. The Morgan fingerprint density at radius 1 is 1.00 bits per heavy atom. The lowest BCUT2D eigenvalue weighted by molar-refractivity contribution is -0.144. The molecule has 0 aromatic heterocycles. The number of nitrogens with two attached hydrogens (primary N) is 1. The summed E-state index contributed by atoms with van der Waals surface area (Å²) in [5, 5.41) is 5.59. The molecule has 0 spiro atoms. The van der Waals surface area contributed by atoms with Gasteiger partial charge in [-0.05, 0) is 62.2 Å². The maximum absolute atomic E-state index is 14.0. The van der Waals surface area contributed by atoms with E-state index >= 15 is 0 Å². The first-order chi connectivity index (χ1) is 17.4. The quantitative estimate of drug-likeness (QED) is 0.376. The predicted molar refractivity (Wildman–Crippen MR) is 135 cm³/mol. The van der Waals surface area contributed by atoms with Gasteiger partial charge in [0.1, 0.15) is 12.1 Å². The van der Waals surface area contributed by atoms with E-state index in [-0.39, 0.29) is 41.1 Å². The highest BCUT2D eigenvalue weighted by atomic mass is 16.6. The zero-order chi connectivity index (χ0) is 27.1. The van der Waals surface area contributed by atoms with Crippen LogP contribution in [-0.2, 0) is 23.9 Å². The molecule has 5 unspecified atom stereocenters. The van der Waals surface area contributed by atoms with Crippen molar-refractivity contribution in [2.24, 2.45) is 34.8 Å². The fourth-order valence-corrected chi connectivity index (χ4v) is 6.56. The molecule has 4 amide bonds. The number of rotatable bonds is 10. The van der Waals surface area contributed by atoms with Gasteiger partial charge in [-0.25, -0.2) is 4.79 Å². The van der Waals surface area contributed by atoms with Crippen LogP contribution in [-0.4, -0.2) is 65.3 Å². The Hall–Kier alpha value is -2.65. The summed E-state index contributed by atoms with van der Waals surface area (Å²) >= 11 is 0. The second-order valence-corrected chi connectivity index (χ2v) is 12.3. The molecule has 0 aromatic carbocycles. The van der Waals surface area contributed by atoms with Crippen molar-refractivity contribution in [2.45, 2.75) is 103 Å². The number of alkyl carbamates (subject to hydrolysis) is 1. The molecule has 0 radical (unpaired) electrons. The number of hydrogen-bond acceptors (Lipinski definition) is 6. The molecule has 0 aromatic rings. The lowest BCUT2D eigenvalue weighted by atomic mass is 9.83. The number of carbonyl (C=O) groups excluding carboxylic acids is 5. The van der Waals surface area contributed by atoms with Gasteiger partial charge in [0, 0.05) is 6.54 Å². The number of hydrogen-bond donors (Lipinski definition) is 3. The van der Waals surface area contributed by atoms with E-state index in [0.29, 0.717) is 13.0 Å². The lowest BCUT2D eigenvalue weighted by Crippen LogP contribution is -2.59. The molecule has 3 aliphatic carbocycles. The summed E-state index contributed by atoms with van der Waals surface area (Å²) in [6.07, 6.45) is 6.00. The zero-order valence-corrected chi connectivity index (χ0v) is 22.5. The van der Waals surface area contributed by atoms with Crippen molar-refractivity contribution in [1.82, 2.24) is 15.5 Å². The Morgan fingerprint density at radius 3 is 2.22 bits per heavy atom. The normalized spacial score (nSPS) is 28.1. The first kappa shape index (κ1) is 27.4. The highest BCUT2D eigenvalue weighted by Gasteiger charge is 2.69. The Balaban J connectivity index is 1.55. The molecule has 4 aliphatic rings. The average molecular weight is 519 g/mol. The summed E-state index contributed by atoms with van der Waals surface area (Å²) in [6.45, 7) is 8.07. The van der Waals surface area contributed by atoms with Crippen molar-refractivity contribution in [3.63, 3.8) is 0 Å². The molecule has 4 fully saturated rings. The number of ether oxygens (including phenoxy) is 1. The Bertz CT molecular complexity index is 939. The third-order valence-electron chi connectivity index (χ3n) is 8.91. The highest BCUT2D eigenvalue weighted by molar-refractivity contribution is 6.37. The van der Waals surface area contributed by atoms with E-state index in [9.17, 15) is 24.0 Å². The molecule has 1 saturated heterocycles. The topological polar surface area (TPSA) is 148 Å². The van der Waals surface area contributed by atoms with Gasteiger partial charge in [0.05, 0.1) is 12.1 Å². The van der Waals surface area contributed by atoms with Gasteiger partial charge < -0.3 is 26.0 Å². The van der Waals surface area contributed by atoms with Crippen LogP contribution in [0.5, 0.6) is 0 Å². The predicted octanol–water partition coefficient (Wildman–Crippen LogP) is 1.89. The van der Waals surface area contributed by atoms with E-state index in [0.717, 1.165) is 44.9 Å². The van der Waals surface area contributed by atoms with E-state index in [1.54, 1.807) is 18.7 Å². The number of nitrogens with zero attached hydrogens (tertiary/aromatic N) is 1. The molecule has 10 nitrogen and oxygen atoms in total. The minimum absolute atomic E-state index is 0.0336. The number of amides is 4. The van der Waals surface area contributed by atoms with E-state index in [4.69, 9.17) is 10.5 Å². The van der Waals surface area contributed by atoms with Gasteiger partial charge >= 0.3 is 6.09 Å². The summed E-state index contributed by atoms with van der Waals surface area (Å²) in [6, 6.07) is -2.54. The van der Waals surface area contributed by atoms with Crippen LogP contribution in [0.4, 0.5) is 4.79 Å². The van der Waals surface area contributed by atoms with E-state index in [1.165, 1.54) is 0 Å².